The smallest absolute Gasteiger partial charge is 0.178 e. The first-order chi connectivity index (χ1) is 17.6. The van der Waals surface area contributed by atoms with Crippen molar-refractivity contribution in [3.05, 3.63) is 113 Å². The molecule has 0 saturated carbocycles. The maximum Gasteiger partial charge on any atom is 0.178 e. The standard InChI is InChI=1S/C30H34N6/c1-23-10-7-16-27(22-23)29(30-31-32-33-36(30)28-24(2)11-8-12-25(28)3)35-20-18-34(19-21-35)17-9-15-26-13-5-4-6-14-26/h4-16,22,29H,17-21H2,1-3H3/t29-/m1/s1. The Bertz CT molecular complexity index is 1300. The molecular formula is C30H34N6. The maximum atomic E-state index is 4.59. The number of nitrogens with zero attached hydrogens (tertiary/aromatic N) is 6. The lowest BCUT2D eigenvalue weighted by atomic mass is 10.0. The number of para-hydroxylation sites is 1. The van der Waals surface area contributed by atoms with Gasteiger partial charge in [-0.1, -0.05) is 90.5 Å². The summed E-state index contributed by atoms with van der Waals surface area (Å²) in [5.74, 6) is 0.871. The molecule has 1 atom stereocenters. The molecule has 1 fully saturated rings. The van der Waals surface area contributed by atoms with Crippen LogP contribution in [0.1, 0.15) is 39.7 Å². The van der Waals surface area contributed by atoms with E-state index >= 15 is 0 Å². The maximum absolute atomic E-state index is 4.59. The molecule has 0 spiro atoms. The van der Waals surface area contributed by atoms with Crippen LogP contribution in [0.3, 0.4) is 0 Å². The summed E-state index contributed by atoms with van der Waals surface area (Å²) in [6, 6.07) is 25.6. The molecule has 2 heterocycles. The lowest BCUT2D eigenvalue weighted by Gasteiger charge is -2.38. The SMILES string of the molecule is Cc1cccc([C@H](c2nnnn2-c2c(C)cccc2C)N2CCN(CC=Cc3ccccc3)CC2)c1. The molecule has 6 heteroatoms. The van der Waals surface area contributed by atoms with Crippen LogP contribution in [0.15, 0.2) is 78.9 Å². The van der Waals surface area contributed by atoms with E-state index in [2.05, 4.69) is 131 Å². The van der Waals surface area contributed by atoms with Crippen molar-refractivity contribution in [3.63, 3.8) is 0 Å². The molecule has 6 nitrogen and oxygen atoms in total. The van der Waals surface area contributed by atoms with Gasteiger partial charge in [-0.3, -0.25) is 9.80 Å². The van der Waals surface area contributed by atoms with Gasteiger partial charge in [-0.05, 0) is 53.5 Å². The first-order valence-corrected chi connectivity index (χ1v) is 12.7. The first-order valence-electron chi connectivity index (χ1n) is 12.7. The van der Waals surface area contributed by atoms with Gasteiger partial charge in [0.1, 0.15) is 0 Å². The van der Waals surface area contributed by atoms with Gasteiger partial charge < -0.3 is 0 Å². The lowest BCUT2D eigenvalue weighted by Crippen LogP contribution is -2.48. The van der Waals surface area contributed by atoms with Crippen LogP contribution in [0.2, 0.25) is 0 Å². The number of piperazine rings is 1. The summed E-state index contributed by atoms with van der Waals surface area (Å²) < 4.78 is 1.95. The molecule has 5 rings (SSSR count). The number of hydrogen-bond acceptors (Lipinski definition) is 5. The molecule has 184 valence electrons. The van der Waals surface area contributed by atoms with Crippen LogP contribution < -0.4 is 0 Å². The highest BCUT2D eigenvalue weighted by atomic mass is 15.6. The molecular weight excluding hydrogens is 444 g/mol. The van der Waals surface area contributed by atoms with E-state index in [0.717, 1.165) is 44.2 Å². The highest BCUT2D eigenvalue weighted by molar-refractivity contribution is 5.49. The van der Waals surface area contributed by atoms with Gasteiger partial charge in [-0.15, -0.1) is 5.10 Å². The molecule has 1 aromatic heterocycles. The fourth-order valence-corrected chi connectivity index (χ4v) is 5.13. The zero-order chi connectivity index (χ0) is 24.9. The zero-order valence-corrected chi connectivity index (χ0v) is 21.4. The van der Waals surface area contributed by atoms with Crippen LogP contribution >= 0.6 is 0 Å². The normalized spacial score (nSPS) is 16.0. The second-order valence-electron chi connectivity index (χ2n) is 9.66. The molecule has 0 radical (unpaired) electrons. The summed E-state index contributed by atoms with van der Waals surface area (Å²) in [4.78, 5) is 5.04. The molecule has 36 heavy (non-hydrogen) atoms. The number of tetrazole rings is 1. The molecule has 0 N–H and O–H groups in total. The minimum Gasteiger partial charge on any atom is -0.297 e. The number of hydrogen-bond donors (Lipinski definition) is 0. The van der Waals surface area contributed by atoms with E-state index in [-0.39, 0.29) is 6.04 Å². The molecule has 1 aliphatic rings. The van der Waals surface area contributed by atoms with Crippen LogP contribution in [-0.2, 0) is 0 Å². The molecule has 0 aliphatic carbocycles. The van der Waals surface area contributed by atoms with Crippen LogP contribution in [0.4, 0.5) is 0 Å². The zero-order valence-electron chi connectivity index (χ0n) is 21.4. The topological polar surface area (TPSA) is 50.1 Å². The fraction of sp³-hybridized carbons (Fsp3) is 0.300. The van der Waals surface area contributed by atoms with Gasteiger partial charge in [0.15, 0.2) is 5.82 Å². The summed E-state index contributed by atoms with van der Waals surface area (Å²) in [6.45, 7) is 11.3. The number of aromatic nitrogens is 4. The van der Waals surface area contributed by atoms with Gasteiger partial charge in [0, 0.05) is 32.7 Å². The van der Waals surface area contributed by atoms with Gasteiger partial charge >= 0.3 is 0 Å². The lowest BCUT2D eigenvalue weighted by molar-refractivity contribution is 0.113. The van der Waals surface area contributed by atoms with Crippen molar-refractivity contribution in [2.45, 2.75) is 26.8 Å². The van der Waals surface area contributed by atoms with Gasteiger partial charge in [0.05, 0.1) is 11.7 Å². The summed E-state index contributed by atoms with van der Waals surface area (Å²) in [5.41, 5.74) is 7.12. The van der Waals surface area contributed by atoms with E-state index in [1.807, 2.05) is 4.68 Å². The summed E-state index contributed by atoms with van der Waals surface area (Å²) >= 11 is 0. The average Bonchev–Trinajstić information content (AvgIpc) is 3.34. The Morgan fingerprint density at radius 1 is 0.833 bits per heavy atom. The van der Waals surface area contributed by atoms with Crippen molar-refractivity contribution in [2.75, 3.05) is 32.7 Å². The Kier molecular flexibility index (Phi) is 7.35. The van der Waals surface area contributed by atoms with E-state index in [9.17, 15) is 0 Å². The van der Waals surface area contributed by atoms with E-state index in [0.29, 0.717) is 0 Å². The van der Waals surface area contributed by atoms with Gasteiger partial charge in [0.25, 0.3) is 0 Å². The van der Waals surface area contributed by atoms with Crippen molar-refractivity contribution >= 4 is 6.08 Å². The van der Waals surface area contributed by atoms with Gasteiger partial charge in [-0.25, -0.2) is 0 Å². The van der Waals surface area contributed by atoms with Crippen molar-refractivity contribution in [1.82, 2.24) is 30.0 Å². The Hall–Kier alpha value is -3.61. The van der Waals surface area contributed by atoms with E-state index in [1.165, 1.54) is 27.8 Å². The molecule has 1 aliphatic heterocycles. The molecule has 1 saturated heterocycles. The summed E-state index contributed by atoms with van der Waals surface area (Å²) in [7, 11) is 0. The number of benzene rings is 3. The summed E-state index contributed by atoms with van der Waals surface area (Å²) in [6.07, 6.45) is 4.48. The quantitative estimate of drug-likeness (QED) is 0.374. The number of rotatable bonds is 7. The van der Waals surface area contributed by atoms with Crippen LogP contribution in [0.25, 0.3) is 11.8 Å². The van der Waals surface area contributed by atoms with Crippen molar-refractivity contribution in [1.29, 1.82) is 0 Å². The van der Waals surface area contributed by atoms with Crippen molar-refractivity contribution in [3.8, 4) is 5.69 Å². The third kappa shape index (κ3) is 5.30. The second-order valence-corrected chi connectivity index (χ2v) is 9.66. The summed E-state index contributed by atoms with van der Waals surface area (Å²) in [5, 5.41) is 13.2. The Morgan fingerprint density at radius 2 is 1.56 bits per heavy atom. The average molecular weight is 479 g/mol. The Morgan fingerprint density at radius 3 is 2.28 bits per heavy atom. The van der Waals surface area contributed by atoms with Crippen molar-refractivity contribution in [2.24, 2.45) is 0 Å². The third-order valence-corrected chi connectivity index (χ3v) is 6.99. The van der Waals surface area contributed by atoms with Gasteiger partial charge in [-0.2, -0.15) is 4.68 Å². The Labute approximate surface area is 213 Å². The van der Waals surface area contributed by atoms with E-state index in [1.54, 1.807) is 0 Å². The van der Waals surface area contributed by atoms with Crippen LogP contribution in [-0.4, -0.2) is 62.7 Å². The van der Waals surface area contributed by atoms with Gasteiger partial charge in [0.2, 0.25) is 0 Å². The largest absolute Gasteiger partial charge is 0.297 e. The van der Waals surface area contributed by atoms with Crippen LogP contribution in [0, 0.1) is 20.8 Å². The Balaban J connectivity index is 1.39. The highest BCUT2D eigenvalue weighted by Crippen LogP contribution is 2.31. The third-order valence-electron chi connectivity index (χ3n) is 6.99. The minimum absolute atomic E-state index is 0.0130. The highest BCUT2D eigenvalue weighted by Gasteiger charge is 2.31. The molecule has 0 unspecified atom stereocenters. The molecule has 4 aromatic rings. The van der Waals surface area contributed by atoms with E-state index < -0.39 is 0 Å². The molecule has 3 aromatic carbocycles. The fourth-order valence-electron chi connectivity index (χ4n) is 5.13. The van der Waals surface area contributed by atoms with E-state index in [4.69, 9.17) is 0 Å². The predicted octanol–water partition coefficient (Wildman–Crippen LogP) is 5.01. The monoisotopic (exact) mass is 478 g/mol. The first kappa shape index (κ1) is 24.1. The predicted molar refractivity (Wildman–Crippen MR) is 145 cm³/mol. The van der Waals surface area contributed by atoms with Crippen molar-refractivity contribution < 1.29 is 0 Å². The minimum atomic E-state index is -0.0130. The second kappa shape index (κ2) is 11.0. The number of aryl methyl sites for hydroxylation is 3. The molecule has 0 amide bonds. The van der Waals surface area contributed by atoms with Crippen LogP contribution in [0.5, 0.6) is 0 Å². The molecule has 0 bridgehead atoms.